The zero-order valence-corrected chi connectivity index (χ0v) is 14.5. The van der Waals surface area contributed by atoms with Crippen LogP contribution in [-0.4, -0.2) is 12.4 Å². The Morgan fingerprint density at radius 1 is 1.12 bits per heavy atom. The summed E-state index contributed by atoms with van der Waals surface area (Å²) in [7, 11) is 5.06. The number of hydrogen-bond acceptors (Lipinski definition) is 3. The summed E-state index contributed by atoms with van der Waals surface area (Å²) in [6.45, 7) is 4.09. The predicted molar refractivity (Wildman–Crippen MR) is 93.2 cm³/mol. The van der Waals surface area contributed by atoms with Crippen LogP contribution in [0.1, 0.15) is 5.56 Å². The number of benzene rings is 2. The molecule has 0 aromatic heterocycles. The van der Waals surface area contributed by atoms with Crippen molar-refractivity contribution < 1.29 is 22.6 Å². The number of rotatable bonds is 7. The molecule has 0 aliphatic rings. The van der Waals surface area contributed by atoms with Crippen LogP contribution in [0.3, 0.4) is 0 Å². The molecule has 7 heteroatoms. The Morgan fingerprint density at radius 2 is 1.76 bits per heavy atom. The summed E-state index contributed by atoms with van der Waals surface area (Å²) in [6.07, 6.45) is -4.36. The fourth-order valence-corrected chi connectivity index (χ4v) is 2.96. The largest absolute Gasteiger partial charge is 0.489 e. The lowest BCUT2D eigenvalue weighted by molar-refractivity contribution is -0.137. The van der Waals surface area contributed by atoms with Gasteiger partial charge in [0.25, 0.3) is 0 Å². The molecule has 0 spiro atoms. The second-order valence-electron chi connectivity index (χ2n) is 5.06. The maximum absolute atomic E-state index is 12.5. The Labute approximate surface area is 153 Å². The molecular weight excluding hydrogens is 373 g/mol. The normalized spacial score (nSPS) is 11.2. The van der Waals surface area contributed by atoms with Gasteiger partial charge in [-0.3, -0.25) is 0 Å². The second-order valence-corrected chi connectivity index (χ2v) is 6.48. The first-order valence-corrected chi connectivity index (χ1v) is 8.41. The van der Waals surface area contributed by atoms with Crippen LogP contribution in [-0.2, 0) is 6.18 Å². The minimum absolute atomic E-state index is 0.194. The van der Waals surface area contributed by atoms with Gasteiger partial charge in [-0.1, -0.05) is 18.2 Å². The van der Waals surface area contributed by atoms with Crippen molar-refractivity contribution in [1.29, 1.82) is 0 Å². The van der Waals surface area contributed by atoms with E-state index in [9.17, 15) is 13.2 Å². The molecule has 0 saturated carbocycles. The van der Waals surface area contributed by atoms with Gasteiger partial charge in [-0.05, 0) is 48.0 Å². The lowest BCUT2D eigenvalue weighted by Crippen LogP contribution is -2.05. The van der Waals surface area contributed by atoms with Crippen molar-refractivity contribution in [2.75, 3.05) is 12.4 Å². The van der Waals surface area contributed by atoms with Gasteiger partial charge in [0.1, 0.15) is 18.1 Å². The lowest BCUT2D eigenvalue weighted by Gasteiger charge is -2.11. The van der Waals surface area contributed by atoms with Crippen molar-refractivity contribution in [3.63, 3.8) is 0 Å². The van der Waals surface area contributed by atoms with E-state index in [1.807, 2.05) is 0 Å². The van der Waals surface area contributed by atoms with Crippen LogP contribution in [0, 0.1) is 7.11 Å². The highest BCUT2D eigenvalue weighted by molar-refractivity contribution is 7.99. The van der Waals surface area contributed by atoms with Crippen molar-refractivity contribution >= 4 is 23.4 Å². The molecule has 0 aliphatic heterocycles. The van der Waals surface area contributed by atoms with E-state index in [0.717, 1.165) is 22.6 Å². The molecule has 0 atom stereocenters. The summed E-state index contributed by atoms with van der Waals surface area (Å²) in [5, 5.41) is 0.504. The fourth-order valence-electron chi connectivity index (χ4n) is 1.82. The third kappa shape index (κ3) is 5.90. The minimum Gasteiger partial charge on any atom is -0.489 e. The Kier molecular flexibility index (Phi) is 6.67. The zero-order valence-electron chi connectivity index (χ0n) is 13.0. The molecule has 0 aliphatic carbocycles. The number of ether oxygens (including phenoxy) is 2. The van der Waals surface area contributed by atoms with Crippen LogP contribution in [0.15, 0.2) is 59.5 Å². The predicted octanol–water partition coefficient (Wildman–Crippen LogP) is 6.13. The van der Waals surface area contributed by atoms with E-state index in [1.165, 1.54) is 23.9 Å². The summed E-state index contributed by atoms with van der Waals surface area (Å²) in [4.78, 5) is 0.832. The van der Waals surface area contributed by atoms with Crippen molar-refractivity contribution in [3.8, 4) is 11.5 Å². The van der Waals surface area contributed by atoms with Gasteiger partial charge in [0.2, 0.25) is 0 Å². The van der Waals surface area contributed by atoms with E-state index in [0.29, 0.717) is 22.3 Å². The van der Waals surface area contributed by atoms with Crippen molar-refractivity contribution in [2.45, 2.75) is 11.1 Å². The number of thioether (sulfide) groups is 1. The van der Waals surface area contributed by atoms with Gasteiger partial charge in [-0.25, -0.2) is 0 Å². The SMILES string of the molecule is [CH]Oc1ccc(SCC(=C)COc2ccc(C(F)(F)F)cc2)c(Cl)c1. The summed E-state index contributed by atoms with van der Waals surface area (Å²) in [5.74, 6) is 1.35. The minimum atomic E-state index is -4.36. The van der Waals surface area contributed by atoms with E-state index in [1.54, 1.807) is 18.2 Å². The van der Waals surface area contributed by atoms with E-state index in [2.05, 4.69) is 11.3 Å². The monoisotopic (exact) mass is 386 g/mol. The molecule has 2 nitrogen and oxygen atoms in total. The second kappa shape index (κ2) is 8.54. The molecule has 0 amide bonds. The van der Waals surface area contributed by atoms with E-state index >= 15 is 0 Å². The van der Waals surface area contributed by atoms with E-state index < -0.39 is 11.7 Å². The lowest BCUT2D eigenvalue weighted by atomic mass is 10.2. The molecule has 0 heterocycles. The topological polar surface area (TPSA) is 18.5 Å². The summed E-state index contributed by atoms with van der Waals surface area (Å²) >= 11 is 7.57. The molecular formula is C18H14ClF3O2S. The molecule has 25 heavy (non-hydrogen) atoms. The Morgan fingerprint density at radius 3 is 2.32 bits per heavy atom. The number of halogens is 4. The van der Waals surface area contributed by atoms with Gasteiger partial charge in [0.15, 0.2) is 7.11 Å². The summed E-state index contributed by atoms with van der Waals surface area (Å²) in [5.41, 5.74) is 0.0499. The third-order valence-corrected chi connectivity index (χ3v) is 4.74. The van der Waals surface area contributed by atoms with Crippen LogP contribution in [0.25, 0.3) is 0 Å². The molecule has 0 N–H and O–H groups in total. The molecule has 2 aromatic rings. The molecule has 2 radical (unpaired) electrons. The molecule has 2 aromatic carbocycles. The molecule has 0 unspecified atom stereocenters. The van der Waals surface area contributed by atoms with Crippen molar-refractivity contribution in [3.05, 3.63) is 72.3 Å². The van der Waals surface area contributed by atoms with Gasteiger partial charge in [-0.15, -0.1) is 11.8 Å². The first-order chi connectivity index (χ1) is 11.8. The van der Waals surface area contributed by atoms with Crippen LogP contribution in [0.4, 0.5) is 13.2 Å². The van der Waals surface area contributed by atoms with Crippen molar-refractivity contribution in [1.82, 2.24) is 0 Å². The van der Waals surface area contributed by atoms with Gasteiger partial charge in [-0.2, -0.15) is 13.2 Å². The van der Waals surface area contributed by atoms with Gasteiger partial charge in [0, 0.05) is 10.6 Å². The van der Waals surface area contributed by atoms with Crippen LogP contribution < -0.4 is 9.47 Å². The Bertz CT molecular complexity index is 730. The van der Waals surface area contributed by atoms with Crippen LogP contribution in [0.5, 0.6) is 11.5 Å². The van der Waals surface area contributed by atoms with E-state index in [-0.39, 0.29) is 6.61 Å². The summed E-state index contributed by atoms with van der Waals surface area (Å²) < 4.78 is 47.5. The quantitative estimate of drug-likeness (QED) is 0.421. The highest BCUT2D eigenvalue weighted by Gasteiger charge is 2.29. The van der Waals surface area contributed by atoms with Crippen molar-refractivity contribution in [2.24, 2.45) is 0 Å². The van der Waals surface area contributed by atoms with Crippen LogP contribution >= 0.6 is 23.4 Å². The molecule has 0 saturated heterocycles. The van der Waals surface area contributed by atoms with Crippen LogP contribution in [0.2, 0.25) is 5.02 Å². The highest BCUT2D eigenvalue weighted by atomic mass is 35.5. The maximum atomic E-state index is 12.5. The fraction of sp³-hybridized carbons (Fsp3) is 0.167. The Hall–Kier alpha value is -1.79. The van der Waals surface area contributed by atoms with E-state index in [4.69, 9.17) is 23.4 Å². The Balaban J connectivity index is 1.83. The third-order valence-electron chi connectivity index (χ3n) is 3.10. The zero-order chi connectivity index (χ0) is 18.4. The smallest absolute Gasteiger partial charge is 0.416 e. The summed E-state index contributed by atoms with van der Waals surface area (Å²) in [6, 6.07) is 9.60. The molecule has 132 valence electrons. The molecule has 0 fully saturated rings. The molecule has 2 rings (SSSR count). The van der Waals surface area contributed by atoms with Gasteiger partial charge < -0.3 is 9.47 Å². The highest BCUT2D eigenvalue weighted by Crippen LogP contribution is 2.32. The number of alkyl halides is 3. The average Bonchev–Trinajstić information content (AvgIpc) is 2.58. The number of hydrogen-bond donors (Lipinski definition) is 0. The maximum Gasteiger partial charge on any atom is 0.416 e. The average molecular weight is 387 g/mol. The molecule has 0 bridgehead atoms. The first kappa shape index (κ1) is 19.5. The standard InChI is InChI=1S/C18H14ClF3O2S/c1-12(11-25-17-8-7-15(23-2)9-16(17)19)10-24-14-5-3-13(4-6-14)18(20,21)22/h2-9H,1,10-11H2. The first-order valence-electron chi connectivity index (χ1n) is 7.05. The van der Waals surface area contributed by atoms with Gasteiger partial charge >= 0.3 is 6.18 Å². The van der Waals surface area contributed by atoms with Gasteiger partial charge in [0.05, 0.1) is 10.6 Å².